The van der Waals surface area contributed by atoms with Gasteiger partial charge in [0.2, 0.25) is 5.91 Å². The van der Waals surface area contributed by atoms with Gasteiger partial charge in [0.1, 0.15) is 11.5 Å². The molecule has 0 aliphatic heterocycles. The maximum Gasteiger partial charge on any atom is 0.224 e. The van der Waals surface area contributed by atoms with Gasteiger partial charge in [0.05, 0.1) is 14.2 Å². The highest BCUT2D eigenvalue weighted by Crippen LogP contribution is 2.26. The molecule has 0 aliphatic carbocycles. The molecule has 27 heavy (non-hydrogen) atoms. The third-order valence-electron chi connectivity index (χ3n) is 4.13. The van der Waals surface area contributed by atoms with Crippen LogP contribution in [0.25, 0.3) is 0 Å². The van der Waals surface area contributed by atoms with Crippen molar-refractivity contribution in [3.05, 3.63) is 53.6 Å². The number of Topliss-reactive ketones (excluding diaryl/α,β-unsaturated/α-hetero) is 1. The van der Waals surface area contributed by atoms with Gasteiger partial charge >= 0.3 is 0 Å². The summed E-state index contributed by atoms with van der Waals surface area (Å²) in [5.41, 5.74) is 2.42. The van der Waals surface area contributed by atoms with Gasteiger partial charge in [0.25, 0.3) is 0 Å². The van der Waals surface area contributed by atoms with E-state index >= 15 is 0 Å². The summed E-state index contributed by atoms with van der Waals surface area (Å²) in [6, 6.07) is 12.8. The summed E-state index contributed by atoms with van der Waals surface area (Å²) < 4.78 is 10.4. The first-order chi connectivity index (χ1) is 12.9. The van der Waals surface area contributed by atoms with Crippen LogP contribution in [0.15, 0.2) is 42.5 Å². The van der Waals surface area contributed by atoms with Crippen LogP contribution in [-0.4, -0.2) is 25.9 Å². The van der Waals surface area contributed by atoms with Crippen molar-refractivity contribution in [2.45, 2.75) is 33.1 Å². The molecule has 0 radical (unpaired) electrons. The first-order valence-electron chi connectivity index (χ1n) is 9.06. The molecule has 1 N–H and O–H groups in total. The Hall–Kier alpha value is -2.82. The van der Waals surface area contributed by atoms with Gasteiger partial charge in [-0.25, -0.2) is 0 Å². The number of carbonyl (C=O) groups excluding carboxylic acids is 2. The molecule has 2 rings (SSSR count). The minimum atomic E-state index is -0.227. The number of benzene rings is 2. The molecular weight excluding hydrogens is 342 g/mol. The zero-order valence-corrected chi connectivity index (χ0v) is 16.4. The molecule has 0 aromatic heterocycles. The van der Waals surface area contributed by atoms with Gasteiger partial charge in [-0.2, -0.15) is 0 Å². The van der Waals surface area contributed by atoms with Crippen LogP contribution in [0.1, 0.15) is 42.6 Å². The molecule has 2 aromatic rings. The maximum atomic E-state index is 12.3. The Balaban J connectivity index is 1.90. The lowest BCUT2D eigenvalue weighted by Gasteiger charge is -2.10. The largest absolute Gasteiger partial charge is 0.497 e. The Kier molecular flexibility index (Phi) is 7.41. The summed E-state index contributed by atoms with van der Waals surface area (Å²) in [6.07, 6.45) is 1.27. The van der Waals surface area contributed by atoms with Crippen LogP contribution < -0.4 is 14.8 Å². The van der Waals surface area contributed by atoms with E-state index in [2.05, 4.69) is 19.2 Å². The standard InChI is InChI=1S/C22H27NO4/c1-15(2)11-16-5-7-17(8-6-16)21(24)9-10-22(25)23-18-12-19(26-3)14-20(13-18)27-4/h5-8,12-15H,9-11H2,1-4H3,(H,23,25). The summed E-state index contributed by atoms with van der Waals surface area (Å²) >= 11 is 0. The van der Waals surface area contributed by atoms with Crippen LogP contribution >= 0.6 is 0 Å². The monoisotopic (exact) mass is 369 g/mol. The topological polar surface area (TPSA) is 64.6 Å². The third-order valence-corrected chi connectivity index (χ3v) is 4.13. The first-order valence-corrected chi connectivity index (χ1v) is 9.06. The highest BCUT2D eigenvalue weighted by Gasteiger charge is 2.11. The van der Waals surface area contributed by atoms with Gasteiger partial charge in [-0.3, -0.25) is 9.59 Å². The third kappa shape index (κ3) is 6.44. The average Bonchev–Trinajstić information content (AvgIpc) is 2.65. The Morgan fingerprint density at radius 2 is 1.52 bits per heavy atom. The van der Waals surface area contributed by atoms with Crippen molar-refractivity contribution < 1.29 is 19.1 Å². The molecule has 1 amide bonds. The summed E-state index contributed by atoms with van der Waals surface area (Å²) in [6.45, 7) is 4.32. The van der Waals surface area contributed by atoms with Crippen molar-refractivity contribution >= 4 is 17.4 Å². The van der Waals surface area contributed by atoms with Crippen LogP contribution in [0, 0.1) is 5.92 Å². The predicted molar refractivity (Wildman–Crippen MR) is 107 cm³/mol. The number of rotatable bonds is 9. The maximum absolute atomic E-state index is 12.3. The summed E-state index contributed by atoms with van der Waals surface area (Å²) in [7, 11) is 3.09. The van der Waals surface area contributed by atoms with Crippen LogP contribution in [0.2, 0.25) is 0 Å². The number of carbonyl (C=O) groups is 2. The zero-order chi connectivity index (χ0) is 19.8. The number of ether oxygens (including phenoxy) is 2. The average molecular weight is 369 g/mol. The number of ketones is 1. The van der Waals surface area contributed by atoms with E-state index in [0.29, 0.717) is 28.7 Å². The summed E-state index contributed by atoms with van der Waals surface area (Å²) in [5, 5.41) is 2.78. The Bertz CT molecular complexity index is 759. The number of anilines is 1. The van der Waals surface area contributed by atoms with E-state index in [-0.39, 0.29) is 24.5 Å². The molecule has 5 heteroatoms. The number of hydrogen-bond donors (Lipinski definition) is 1. The van der Waals surface area contributed by atoms with Gasteiger partial charge < -0.3 is 14.8 Å². The van der Waals surface area contributed by atoms with E-state index < -0.39 is 0 Å². The smallest absolute Gasteiger partial charge is 0.224 e. The van der Waals surface area contributed by atoms with Gasteiger partial charge in [-0.05, 0) is 17.9 Å². The normalized spacial score (nSPS) is 10.6. The predicted octanol–water partition coefficient (Wildman–Crippen LogP) is 4.50. The molecule has 2 aromatic carbocycles. The second kappa shape index (κ2) is 9.76. The van der Waals surface area contributed by atoms with Gasteiger partial charge in [-0.1, -0.05) is 38.1 Å². The minimum Gasteiger partial charge on any atom is -0.497 e. The van der Waals surface area contributed by atoms with Crippen molar-refractivity contribution in [3.8, 4) is 11.5 Å². The van der Waals surface area contributed by atoms with E-state index in [1.807, 2.05) is 24.3 Å². The molecule has 0 aliphatic rings. The molecule has 0 fully saturated rings. The van der Waals surface area contributed by atoms with E-state index in [4.69, 9.17) is 9.47 Å². The molecule has 0 unspecified atom stereocenters. The molecule has 0 bridgehead atoms. The number of methoxy groups -OCH3 is 2. The Morgan fingerprint density at radius 1 is 0.926 bits per heavy atom. The number of hydrogen-bond acceptors (Lipinski definition) is 4. The molecule has 0 atom stereocenters. The second-order valence-electron chi connectivity index (χ2n) is 6.87. The first kappa shape index (κ1) is 20.5. The molecule has 5 nitrogen and oxygen atoms in total. The highest BCUT2D eigenvalue weighted by molar-refractivity contribution is 6.00. The quantitative estimate of drug-likeness (QED) is 0.661. The SMILES string of the molecule is COc1cc(NC(=O)CCC(=O)c2ccc(CC(C)C)cc2)cc(OC)c1. The van der Waals surface area contributed by atoms with Crippen molar-refractivity contribution in [1.29, 1.82) is 0 Å². The van der Waals surface area contributed by atoms with Crippen molar-refractivity contribution in [3.63, 3.8) is 0 Å². The van der Waals surface area contributed by atoms with Crippen molar-refractivity contribution in [1.82, 2.24) is 0 Å². The fraction of sp³-hybridized carbons (Fsp3) is 0.364. The van der Waals surface area contributed by atoms with Crippen LogP contribution in [0.5, 0.6) is 11.5 Å². The minimum absolute atomic E-state index is 0.0375. The Morgan fingerprint density at radius 3 is 2.04 bits per heavy atom. The van der Waals surface area contributed by atoms with Gasteiger partial charge in [0.15, 0.2) is 5.78 Å². The number of amides is 1. The number of nitrogens with one attached hydrogen (secondary N) is 1. The molecule has 0 spiro atoms. The van der Waals surface area contributed by atoms with E-state index in [0.717, 1.165) is 6.42 Å². The molecular formula is C22H27NO4. The molecule has 144 valence electrons. The molecule has 0 saturated carbocycles. The fourth-order valence-electron chi connectivity index (χ4n) is 2.77. The van der Waals surface area contributed by atoms with Crippen LogP contribution in [0.3, 0.4) is 0 Å². The Labute approximate surface area is 160 Å². The lowest BCUT2D eigenvalue weighted by molar-refractivity contribution is -0.116. The van der Waals surface area contributed by atoms with E-state index in [9.17, 15) is 9.59 Å². The van der Waals surface area contributed by atoms with Gasteiger partial charge in [-0.15, -0.1) is 0 Å². The fourth-order valence-corrected chi connectivity index (χ4v) is 2.77. The second-order valence-corrected chi connectivity index (χ2v) is 6.87. The van der Waals surface area contributed by atoms with E-state index in [1.54, 1.807) is 32.4 Å². The zero-order valence-electron chi connectivity index (χ0n) is 16.4. The van der Waals surface area contributed by atoms with Crippen LogP contribution in [-0.2, 0) is 11.2 Å². The molecule has 0 heterocycles. The van der Waals surface area contributed by atoms with Crippen molar-refractivity contribution in [2.24, 2.45) is 5.92 Å². The lowest BCUT2D eigenvalue weighted by atomic mass is 9.99. The van der Waals surface area contributed by atoms with Crippen molar-refractivity contribution in [2.75, 3.05) is 19.5 Å². The van der Waals surface area contributed by atoms with Gasteiger partial charge in [0, 0.05) is 42.3 Å². The van der Waals surface area contributed by atoms with Crippen LogP contribution in [0.4, 0.5) is 5.69 Å². The molecule has 0 saturated heterocycles. The summed E-state index contributed by atoms with van der Waals surface area (Å²) in [4.78, 5) is 24.5. The lowest BCUT2D eigenvalue weighted by Crippen LogP contribution is -2.13. The highest BCUT2D eigenvalue weighted by atomic mass is 16.5. The van der Waals surface area contributed by atoms with E-state index in [1.165, 1.54) is 5.56 Å². The summed E-state index contributed by atoms with van der Waals surface area (Å²) in [5.74, 6) is 1.48.